The molecule has 0 bridgehead atoms. The summed E-state index contributed by atoms with van der Waals surface area (Å²) in [5, 5.41) is 12.8. The van der Waals surface area contributed by atoms with Crippen molar-refractivity contribution < 1.29 is 4.42 Å². The first-order valence-electron chi connectivity index (χ1n) is 7.77. The van der Waals surface area contributed by atoms with Crippen molar-refractivity contribution in [1.82, 2.24) is 20.0 Å². The zero-order valence-corrected chi connectivity index (χ0v) is 13.3. The second-order valence-corrected chi connectivity index (χ2v) is 5.57. The lowest BCUT2D eigenvalue weighted by atomic mass is 10.1. The Kier molecular flexibility index (Phi) is 3.67. The summed E-state index contributed by atoms with van der Waals surface area (Å²) in [6.07, 6.45) is 1.96. The van der Waals surface area contributed by atoms with Gasteiger partial charge in [0.15, 0.2) is 0 Å². The van der Waals surface area contributed by atoms with Crippen molar-refractivity contribution in [2.75, 3.05) is 0 Å². The maximum absolute atomic E-state index is 5.62. The molecule has 0 amide bonds. The lowest BCUT2D eigenvalue weighted by Gasteiger charge is -2.01. The molecule has 5 nitrogen and oxygen atoms in total. The quantitative estimate of drug-likeness (QED) is 0.572. The van der Waals surface area contributed by atoms with Crippen LogP contribution in [0.5, 0.6) is 0 Å². The van der Waals surface area contributed by atoms with Crippen molar-refractivity contribution in [3.05, 3.63) is 78.3 Å². The SMILES string of the molecule is Cc1nnc(-c2cn(Cc3ccccc3)nc2-c2ccccc2)o1. The zero-order valence-electron chi connectivity index (χ0n) is 13.3. The molecule has 24 heavy (non-hydrogen) atoms. The third-order valence-electron chi connectivity index (χ3n) is 3.75. The van der Waals surface area contributed by atoms with Gasteiger partial charge >= 0.3 is 0 Å². The number of benzene rings is 2. The summed E-state index contributed by atoms with van der Waals surface area (Å²) in [6, 6.07) is 20.3. The highest BCUT2D eigenvalue weighted by molar-refractivity contribution is 5.76. The second kappa shape index (κ2) is 6.12. The summed E-state index contributed by atoms with van der Waals surface area (Å²) in [7, 11) is 0. The number of hydrogen-bond acceptors (Lipinski definition) is 4. The molecule has 4 aromatic rings. The Labute approximate surface area is 139 Å². The molecule has 0 fully saturated rings. The van der Waals surface area contributed by atoms with E-state index >= 15 is 0 Å². The first-order chi connectivity index (χ1) is 11.8. The van der Waals surface area contributed by atoms with E-state index in [1.54, 1.807) is 6.92 Å². The van der Waals surface area contributed by atoms with Gasteiger partial charge in [-0.25, -0.2) is 0 Å². The van der Waals surface area contributed by atoms with Crippen molar-refractivity contribution in [1.29, 1.82) is 0 Å². The normalized spacial score (nSPS) is 10.9. The largest absolute Gasteiger partial charge is 0.421 e. The van der Waals surface area contributed by atoms with Gasteiger partial charge in [-0.3, -0.25) is 4.68 Å². The molecule has 118 valence electrons. The molecular formula is C19H16N4O. The lowest BCUT2D eigenvalue weighted by Crippen LogP contribution is -1.99. The van der Waals surface area contributed by atoms with Crippen LogP contribution in [-0.4, -0.2) is 20.0 Å². The van der Waals surface area contributed by atoms with Gasteiger partial charge in [0, 0.05) is 18.7 Å². The molecule has 2 heterocycles. The highest BCUT2D eigenvalue weighted by Crippen LogP contribution is 2.30. The van der Waals surface area contributed by atoms with Crippen LogP contribution in [-0.2, 0) is 6.54 Å². The Bertz CT molecular complexity index is 942. The monoisotopic (exact) mass is 316 g/mol. The van der Waals surface area contributed by atoms with Crippen LogP contribution in [0.25, 0.3) is 22.7 Å². The molecule has 0 aliphatic rings. The average molecular weight is 316 g/mol. The van der Waals surface area contributed by atoms with Crippen LogP contribution in [0, 0.1) is 6.92 Å². The van der Waals surface area contributed by atoms with Crippen molar-refractivity contribution in [3.63, 3.8) is 0 Å². The van der Waals surface area contributed by atoms with Gasteiger partial charge in [-0.15, -0.1) is 10.2 Å². The summed E-state index contributed by atoms with van der Waals surface area (Å²) in [5.41, 5.74) is 3.90. The summed E-state index contributed by atoms with van der Waals surface area (Å²) < 4.78 is 7.53. The van der Waals surface area contributed by atoms with E-state index in [0.717, 1.165) is 16.8 Å². The second-order valence-electron chi connectivity index (χ2n) is 5.57. The van der Waals surface area contributed by atoms with E-state index in [0.29, 0.717) is 18.3 Å². The van der Waals surface area contributed by atoms with Crippen molar-refractivity contribution in [2.45, 2.75) is 13.5 Å². The standard InChI is InChI=1S/C19H16N4O/c1-14-20-21-19(24-14)17-13-23(12-15-8-4-2-5-9-15)22-18(17)16-10-6-3-7-11-16/h2-11,13H,12H2,1H3. The van der Waals surface area contributed by atoms with Gasteiger partial charge in [-0.1, -0.05) is 60.7 Å². The molecule has 0 radical (unpaired) electrons. The highest BCUT2D eigenvalue weighted by Gasteiger charge is 2.17. The van der Waals surface area contributed by atoms with Gasteiger partial charge in [-0.05, 0) is 5.56 Å². The minimum Gasteiger partial charge on any atom is -0.421 e. The maximum Gasteiger partial charge on any atom is 0.251 e. The predicted molar refractivity (Wildman–Crippen MR) is 91.2 cm³/mol. The van der Waals surface area contributed by atoms with E-state index in [2.05, 4.69) is 22.3 Å². The lowest BCUT2D eigenvalue weighted by molar-refractivity contribution is 0.533. The molecule has 2 aromatic carbocycles. The van der Waals surface area contributed by atoms with Gasteiger partial charge in [0.2, 0.25) is 5.89 Å². The van der Waals surface area contributed by atoms with E-state index in [1.165, 1.54) is 5.56 Å². The van der Waals surface area contributed by atoms with E-state index in [-0.39, 0.29) is 0 Å². The minimum atomic E-state index is 0.491. The molecule has 0 saturated heterocycles. The molecule has 0 unspecified atom stereocenters. The Morgan fingerprint density at radius 1 is 0.917 bits per heavy atom. The Morgan fingerprint density at radius 3 is 2.29 bits per heavy atom. The number of nitrogens with zero attached hydrogens (tertiary/aromatic N) is 4. The van der Waals surface area contributed by atoms with Crippen molar-refractivity contribution in [2.24, 2.45) is 0 Å². The average Bonchev–Trinajstić information content (AvgIpc) is 3.23. The van der Waals surface area contributed by atoms with Crippen LogP contribution < -0.4 is 0 Å². The fraction of sp³-hybridized carbons (Fsp3) is 0.105. The Balaban J connectivity index is 1.79. The van der Waals surface area contributed by atoms with Crippen LogP contribution in [0.4, 0.5) is 0 Å². The van der Waals surface area contributed by atoms with E-state index in [4.69, 9.17) is 9.52 Å². The zero-order chi connectivity index (χ0) is 16.4. The molecular weight excluding hydrogens is 300 g/mol. The molecule has 0 spiro atoms. The maximum atomic E-state index is 5.62. The molecule has 0 N–H and O–H groups in total. The Morgan fingerprint density at radius 2 is 1.62 bits per heavy atom. The number of aryl methyl sites for hydroxylation is 1. The third-order valence-corrected chi connectivity index (χ3v) is 3.75. The molecule has 0 atom stereocenters. The van der Waals surface area contributed by atoms with Crippen LogP contribution in [0.2, 0.25) is 0 Å². The molecule has 0 aliphatic heterocycles. The highest BCUT2D eigenvalue weighted by atomic mass is 16.4. The molecule has 4 rings (SSSR count). The van der Waals surface area contributed by atoms with Crippen LogP contribution in [0.1, 0.15) is 11.5 Å². The van der Waals surface area contributed by atoms with Gasteiger partial charge in [-0.2, -0.15) is 5.10 Å². The van der Waals surface area contributed by atoms with Crippen LogP contribution in [0.3, 0.4) is 0 Å². The van der Waals surface area contributed by atoms with Crippen molar-refractivity contribution in [3.8, 4) is 22.7 Å². The molecule has 5 heteroatoms. The summed E-state index contributed by atoms with van der Waals surface area (Å²) in [6.45, 7) is 2.47. The van der Waals surface area contributed by atoms with Crippen LogP contribution >= 0.6 is 0 Å². The molecule has 2 aromatic heterocycles. The van der Waals surface area contributed by atoms with Crippen molar-refractivity contribution >= 4 is 0 Å². The van der Waals surface area contributed by atoms with Gasteiger partial charge in [0.25, 0.3) is 5.89 Å². The fourth-order valence-corrected chi connectivity index (χ4v) is 2.64. The smallest absolute Gasteiger partial charge is 0.251 e. The van der Waals surface area contributed by atoms with Crippen LogP contribution in [0.15, 0.2) is 71.3 Å². The van der Waals surface area contributed by atoms with Gasteiger partial charge in [0.1, 0.15) is 5.69 Å². The minimum absolute atomic E-state index is 0.491. The first kappa shape index (κ1) is 14.4. The topological polar surface area (TPSA) is 56.7 Å². The first-order valence-corrected chi connectivity index (χ1v) is 7.77. The van der Waals surface area contributed by atoms with E-state index in [9.17, 15) is 0 Å². The molecule has 0 aliphatic carbocycles. The Hall–Kier alpha value is -3.21. The third kappa shape index (κ3) is 2.84. The summed E-state index contributed by atoms with van der Waals surface area (Å²) >= 11 is 0. The van der Waals surface area contributed by atoms with Gasteiger partial charge in [0.05, 0.1) is 12.1 Å². The number of aromatic nitrogens is 4. The molecule has 0 saturated carbocycles. The number of hydrogen-bond donors (Lipinski definition) is 0. The predicted octanol–water partition coefficient (Wildman–Crippen LogP) is 3.96. The van der Waals surface area contributed by atoms with E-state index < -0.39 is 0 Å². The summed E-state index contributed by atoms with van der Waals surface area (Å²) in [5.74, 6) is 1.03. The fourth-order valence-electron chi connectivity index (χ4n) is 2.64. The van der Waals surface area contributed by atoms with E-state index in [1.807, 2.05) is 59.4 Å². The number of rotatable bonds is 4. The van der Waals surface area contributed by atoms with Gasteiger partial charge < -0.3 is 4.42 Å². The summed E-state index contributed by atoms with van der Waals surface area (Å²) in [4.78, 5) is 0.